The molecule has 0 atom stereocenters. The van der Waals surface area contributed by atoms with Gasteiger partial charge in [0.15, 0.2) is 5.11 Å². The van der Waals surface area contributed by atoms with Crippen LogP contribution in [-0.2, 0) is 23.1 Å². The fourth-order valence-corrected chi connectivity index (χ4v) is 4.22. The summed E-state index contributed by atoms with van der Waals surface area (Å²) in [6, 6.07) is 19.6. The molecule has 3 rings (SSSR count). The first kappa shape index (κ1) is 24.7. The smallest absolute Gasteiger partial charge is 0.169 e. The summed E-state index contributed by atoms with van der Waals surface area (Å²) in [6.45, 7) is 14.3. The zero-order valence-corrected chi connectivity index (χ0v) is 20.8. The van der Waals surface area contributed by atoms with Crippen LogP contribution >= 0.6 is 12.2 Å². The van der Waals surface area contributed by atoms with Crippen molar-refractivity contribution in [1.82, 2.24) is 15.1 Å². The molecule has 1 heterocycles. The van der Waals surface area contributed by atoms with Gasteiger partial charge in [-0.25, -0.2) is 0 Å². The van der Waals surface area contributed by atoms with E-state index in [1.807, 2.05) is 0 Å². The number of rotatable bonds is 9. The molecule has 1 saturated heterocycles. The van der Waals surface area contributed by atoms with Crippen molar-refractivity contribution >= 4 is 17.3 Å². The Kier molecular flexibility index (Phi) is 9.51. The summed E-state index contributed by atoms with van der Waals surface area (Å²) in [5.74, 6) is 0. The van der Waals surface area contributed by atoms with Crippen LogP contribution < -0.4 is 5.32 Å². The van der Waals surface area contributed by atoms with Crippen molar-refractivity contribution in [2.45, 2.75) is 45.6 Å². The standard InChI is InChI=1S/C27H39N3OS/c1-27(2,3)25-12-10-24(11-13-25)22-30(17-7-16-29-18-20-31-21-19-29)26(32)28-15-14-23-8-5-4-6-9-23/h4-6,8-13H,7,14-22H2,1-3H3,(H,28,32). The highest BCUT2D eigenvalue weighted by molar-refractivity contribution is 7.80. The maximum atomic E-state index is 5.83. The predicted octanol–water partition coefficient (Wildman–Crippen LogP) is 4.63. The Hall–Kier alpha value is -1.95. The Morgan fingerprint density at radius 2 is 1.69 bits per heavy atom. The van der Waals surface area contributed by atoms with Gasteiger partial charge in [0.2, 0.25) is 0 Å². The van der Waals surface area contributed by atoms with E-state index in [9.17, 15) is 0 Å². The fraction of sp³-hybridized carbons (Fsp3) is 0.519. The molecule has 0 aliphatic carbocycles. The maximum Gasteiger partial charge on any atom is 0.169 e. The lowest BCUT2D eigenvalue weighted by Gasteiger charge is -2.30. The summed E-state index contributed by atoms with van der Waals surface area (Å²) < 4.78 is 5.48. The van der Waals surface area contributed by atoms with Gasteiger partial charge in [-0.2, -0.15) is 0 Å². The molecular weight excluding hydrogens is 414 g/mol. The topological polar surface area (TPSA) is 27.7 Å². The molecule has 1 N–H and O–H groups in total. The van der Waals surface area contributed by atoms with Crippen LogP contribution in [0.4, 0.5) is 0 Å². The first-order valence-electron chi connectivity index (χ1n) is 11.9. The molecule has 0 amide bonds. The van der Waals surface area contributed by atoms with Gasteiger partial charge in [0, 0.05) is 39.3 Å². The summed E-state index contributed by atoms with van der Waals surface area (Å²) in [7, 11) is 0. The second kappa shape index (κ2) is 12.3. The lowest BCUT2D eigenvalue weighted by molar-refractivity contribution is 0.0367. The SMILES string of the molecule is CC(C)(C)c1ccc(CN(CCCN2CCOCC2)C(=S)NCCc2ccccc2)cc1. The number of benzene rings is 2. The van der Waals surface area contributed by atoms with Crippen molar-refractivity contribution < 1.29 is 4.74 Å². The molecule has 0 saturated carbocycles. The van der Waals surface area contributed by atoms with Crippen LogP contribution in [0.15, 0.2) is 54.6 Å². The summed E-state index contributed by atoms with van der Waals surface area (Å²) in [4.78, 5) is 4.82. The van der Waals surface area contributed by atoms with Gasteiger partial charge in [-0.15, -0.1) is 0 Å². The predicted molar refractivity (Wildman–Crippen MR) is 138 cm³/mol. The van der Waals surface area contributed by atoms with Crippen LogP contribution in [-0.4, -0.2) is 60.8 Å². The molecule has 0 bridgehead atoms. The van der Waals surface area contributed by atoms with Gasteiger partial charge in [-0.3, -0.25) is 4.90 Å². The van der Waals surface area contributed by atoms with E-state index in [-0.39, 0.29) is 5.41 Å². The van der Waals surface area contributed by atoms with Gasteiger partial charge in [-0.05, 0) is 47.2 Å². The van der Waals surface area contributed by atoms with E-state index in [2.05, 4.69) is 90.5 Å². The average molecular weight is 454 g/mol. The van der Waals surface area contributed by atoms with Gasteiger partial charge < -0.3 is 15.0 Å². The van der Waals surface area contributed by atoms with Crippen LogP contribution in [0.2, 0.25) is 0 Å². The Morgan fingerprint density at radius 3 is 2.34 bits per heavy atom. The third kappa shape index (κ3) is 8.19. The van der Waals surface area contributed by atoms with Crippen LogP contribution in [0.3, 0.4) is 0 Å². The molecule has 4 nitrogen and oxygen atoms in total. The summed E-state index contributed by atoms with van der Waals surface area (Å²) >= 11 is 5.83. The highest BCUT2D eigenvalue weighted by Crippen LogP contribution is 2.22. The number of hydrogen-bond donors (Lipinski definition) is 1. The Labute approximate surface area is 199 Å². The van der Waals surface area contributed by atoms with Crippen LogP contribution in [0, 0.1) is 0 Å². The van der Waals surface area contributed by atoms with Gasteiger partial charge in [-0.1, -0.05) is 75.4 Å². The molecular formula is C27H39N3OS. The van der Waals surface area contributed by atoms with E-state index in [1.165, 1.54) is 16.7 Å². The fourth-order valence-electron chi connectivity index (χ4n) is 3.96. The third-order valence-corrected chi connectivity index (χ3v) is 6.42. The molecule has 1 aliphatic rings. The second-order valence-electron chi connectivity index (χ2n) is 9.64. The Bertz CT molecular complexity index is 811. The van der Waals surface area contributed by atoms with Gasteiger partial charge in [0.1, 0.15) is 0 Å². The molecule has 32 heavy (non-hydrogen) atoms. The van der Waals surface area contributed by atoms with E-state index in [1.54, 1.807) is 0 Å². The maximum absolute atomic E-state index is 5.83. The molecule has 0 unspecified atom stereocenters. The number of hydrogen-bond acceptors (Lipinski definition) is 3. The summed E-state index contributed by atoms with van der Waals surface area (Å²) in [5.41, 5.74) is 4.17. The normalized spacial score (nSPS) is 14.8. The zero-order valence-electron chi connectivity index (χ0n) is 20.0. The number of thiocarbonyl (C=S) groups is 1. The van der Waals surface area contributed by atoms with Gasteiger partial charge in [0.25, 0.3) is 0 Å². The zero-order chi connectivity index (χ0) is 22.8. The van der Waals surface area contributed by atoms with Crippen molar-refractivity contribution in [2.24, 2.45) is 0 Å². The van der Waals surface area contributed by atoms with Crippen molar-refractivity contribution in [3.05, 3.63) is 71.3 Å². The molecule has 0 spiro atoms. The molecule has 1 fully saturated rings. The average Bonchev–Trinajstić information content (AvgIpc) is 2.79. The molecule has 0 aromatic heterocycles. The first-order valence-corrected chi connectivity index (χ1v) is 12.3. The number of nitrogens with zero attached hydrogens (tertiary/aromatic N) is 2. The van der Waals surface area contributed by atoms with Crippen molar-refractivity contribution in [3.63, 3.8) is 0 Å². The lowest BCUT2D eigenvalue weighted by Crippen LogP contribution is -2.42. The minimum absolute atomic E-state index is 0.171. The summed E-state index contributed by atoms with van der Waals surface area (Å²) in [6.07, 6.45) is 2.07. The molecule has 1 aliphatic heterocycles. The van der Waals surface area contributed by atoms with E-state index in [0.717, 1.165) is 70.4 Å². The monoisotopic (exact) mass is 453 g/mol. The van der Waals surface area contributed by atoms with Crippen molar-refractivity contribution in [3.8, 4) is 0 Å². The molecule has 2 aromatic rings. The van der Waals surface area contributed by atoms with Crippen molar-refractivity contribution in [2.75, 3.05) is 45.9 Å². The summed E-state index contributed by atoms with van der Waals surface area (Å²) in [5, 5.41) is 4.35. The van der Waals surface area contributed by atoms with Crippen LogP contribution in [0.25, 0.3) is 0 Å². The number of ether oxygens (including phenoxy) is 1. The van der Waals surface area contributed by atoms with E-state index < -0.39 is 0 Å². The van der Waals surface area contributed by atoms with E-state index in [0.29, 0.717) is 0 Å². The molecule has 174 valence electrons. The van der Waals surface area contributed by atoms with Gasteiger partial charge in [0.05, 0.1) is 13.2 Å². The first-order chi connectivity index (χ1) is 15.4. The number of nitrogens with one attached hydrogen (secondary N) is 1. The largest absolute Gasteiger partial charge is 0.379 e. The minimum atomic E-state index is 0.171. The highest BCUT2D eigenvalue weighted by Gasteiger charge is 2.16. The molecule has 0 radical (unpaired) electrons. The third-order valence-electron chi connectivity index (χ3n) is 6.02. The van der Waals surface area contributed by atoms with E-state index >= 15 is 0 Å². The molecule has 5 heteroatoms. The van der Waals surface area contributed by atoms with E-state index in [4.69, 9.17) is 17.0 Å². The highest BCUT2D eigenvalue weighted by atomic mass is 32.1. The van der Waals surface area contributed by atoms with Crippen LogP contribution in [0.1, 0.15) is 43.9 Å². The van der Waals surface area contributed by atoms with Crippen molar-refractivity contribution in [1.29, 1.82) is 0 Å². The second-order valence-corrected chi connectivity index (χ2v) is 10.0. The Balaban J connectivity index is 1.56. The quantitative estimate of drug-likeness (QED) is 0.559. The van der Waals surface area contributed by atoms with Crippen LogP contribution in [0.5, 0.6) is 0 Å². The number of morpholine rings is 1. The molecule has 2 aromatic carbocycles. The lowest BCUT2D eigenvalue weighted by atomic mass is 9.87. The van der Waals surface area contributed by atoms with Gasteiger partial charge >= 0.3 is 0 Å². The Morgan fingerprint density at radius 1 is 1.00 bits per heavy atom. The minimum Gasteiger partial charge on any atom is -0.379 e.